The lowest BCUT2D eigenvalue weighted by Gasteiger charge is -2.10. The summed E-state index contributed by atoms with van der Waals surface area (Å²) in [6.07, 6.45) is -1.07. The van der Waals surface area contributed by atoms with Crippen LogP contribution in [0, 0.1) is 0 Å². The fourth-order valence-electron chi connectivity index (χ4n) is 1.05. The Kier molecular flexibility index (Phi) is 4.62. The van der Waals surface area contributed by atoms with Crippen LogP contribution < -0.4 is 15.2 Å². The number of amides is 1. The van der Waals surface area contributed by atoms with Crippen LogP contribution in [0.25, 0.3) is 0 Å². The Morgan fingerprint density at radius 3 is 2.72 bits per heavy atom. The molecule has 0 atom stereocenters. The smallest absolute Gasteiger partial charge is 0.422 e. The molecule has 0 heterocycles. The highest BCUT2D eigenvalue weighted by atomic mass is 35.5. The largest absolute Gasteiger partial charge is 0.449 e. The molecule has 4 N–H and O–H groups in total. The molecule has 0 aliphatic heterocycles. The van der Waals surface area contributed by atoms with Crippen LogP contribution in [-0.4, -0.2) is 21.1 Å². The minimum atomic E-state index is -4.09. The van der Waals surface area contributed by atoms with E-state index in [1.807, 2.05) is 0 Å². The number of carbonyl (C=O) groups is 1. The number of halogens is 1. The molecule has 0 saturated heterocycles. The Balaban J connectivity index is 2.79. The number of hydrogen-bond donors (Lipinski definition) is 3. The van der Waals surface area contributed by atoms with E-state index in [1.165, 1.54) is 18.2 Å². The zero-order chi connectivity index (χ0) is 13.8. The maximum absolute atomic E-state index is 11.5. The van der Waals surface area contributed by atoms with Crippen LogP contribution in [0.15, 0.2) is 18.2 Å². The molecule has 1 rings (SSSR count). The summed E-state index contributed by atoms with van der Waals surface area (Å²) in [5, 5.41) is 0.115. The molecule has 0 radical (unpaired) electrons. The van der Waals surface area contributed by atoms with Gasteiger partial charge in [-0.15, -0.1) is 0 Å². The van der Waals surface area contributed by atoms with Crippen molar-refractivity contribution < 1.29 is 17.9 Å². The first-order valence-corrected chi connectivity index (χ1v) is 6.72. The number of nitrogens with one attached hydrogen (secondary N) is 2. The molecule has 100 valence electrons. The number of rotatable bonds is 4. The molecule has 0 spiro atoms. The summed E-state index contributed by atoms with van der Waals surface area (Å²) >= 11 is 5.78. The number of hydrogen-bond acceptors (Lipinski definition) is 5. The highest BCUT2D eigenvalue weighted by Gasteiger charge is 2.16. The Morgan fingerprint density at radius 1 is 1.50 bits per heavy atom. The topological polar surface area (TPSA) is 111 Å². The van der Waals surface area contributed by atoms with Gasteiger partial charge in [0.25, 0.3) is 0 Å². The lowest BCUT2D eigenvalue weighted by atomic mass is 10.3. The van der Waals surface area contributed by atoms with Gasteiger partial charge in [0.2, 0.25) is 0 Å². The van der Waals surface area contributed by atoms with Crippen LogP contribution in [0.4, 0.5) is 16.2 Å². The number of benzene rings is 1. The van der Waals surface area contributed by atoms with Gasteiger partial charge in [0.15, 0.2) is 0 Å². The van der Waals surface area contributed by atoms with E-state index in [-0.39, 0.29) is 17.3 Å². The lowest BCUT2D eigenvalue weighted by molar-refractivity contribution is 0.159. The standard InChI is InChI=1S/C9H12ClN3O4S/c1-2-17-9(14)13-18(15,16)12-8-4-3-6(11)5-7(8)10/h3-5,12H,2,11H2,1H3,(H,13,14). The zero-order valence-electron chi connectivity index (χ0n) is 9.44. The highest BCUT2D eigenvalue weighted by molar-refractivity contribution is 7.91. The average molecular weight is 294 g/mol. The van der Waals surface area contributed by atoms with E-state index in [0.717, 1.165) is 0 Å². The number of carbonyl (C=O) groups excluding carboxylic acids is 1. The summed E-state index contributed by atoms with van der Waals surface area (Å²) in [6.45, 7) is 1.61. The fraction of sp³-hybridized carbons (Fsp3) is 0.222. The van der Waals surface area contributed by atoms with Gasteiger partial charge in [-0.3, -0.25) is 4.72 Å². The molecule has 0 saturated carbocycles. The first-order valence-electron chi connectivity index (χ1n) is 4.86. The predicted molar refractivity (Wildman–Crippen MR) is 68.6 cm³/mol. The molecule has 0 unspecified atom stereocenters. The van der Waals surface area contributed by atoms with Crippen LogP contribution in [0.2, 0.25) is 5.02 Å². The maximum atomic E-state index is 11.5. The third-order valence-corrected chi connectivity index (χ3v) is 2.97. The van der Waals surface area contributed by atoms with E-state index in [1.54, 1.807) is 11.6 Å². The van der Waals surface area contributed by atoms with Gasteiger partial charge < -0.3 is 10.5 Å². The average Bonchev–Trinajstić information content (AvgIpc) is 2.21. The van der Waals surface area contributed by atoms with Gasteiger partial charge >= 0.3 is 16.3 Å². The van der Waals surface area contributed by atoms with Gasteiger partial charge in [-0.2, -0.15) is 8.42 Å². The quantitative estimate of drug-likeness (QED) is 0.725. The molecular weight excluding hydrogens is 282 g/mol. The maximum Gasteiger partial charge on any atom is 0.422 e. The monoisotopic (exact) mass is 293 g/mol. The number of ether oxygens (including phenoxy) is 1. The van der Waals surface area contributed by atoms with Crippen LogP contribution in [0.5, 0.6) is 0 Å². The Morgan fingerprint density at radius 2 is 2.17 bits per heavy atom. The minimum absolute atomic E-state index is 0.0595. The Bertz CT molecular complexity index is 547. The fourth-order valence-corrected chi connectivity index (χ4v) is 2.14. The molecule has 1 aromatic carbocycles. The Hall–Kier alpha value is -1.67. The molecule has 0 aliphatic carbocycles. The van der Waals surface area contributed by atoms with E-state index in [2.05, 4.69) is 9.46 Å². The molecular formula is C9H12ClN3O4S. The van der Waals surface area contributed by atoms with Crippen molar-refractivity contribution in [1.82, 2.24) is 4.72 Å². The van der Waals surface area contributed by atoms with E-state index in [9.17, 15) is 13.2 Å². The van der Waals surface area contributed by atoms with Gasteiger partial charge in [-0.1, -0.05) is 11.6 Å². The van der Waals surface area contributed by atoms with E-state index in [0.29, 0.717) is 5.69 Å². The zero-order valence-corrected chi connectivity index (χ0v) is 11.0. The first kappa shape index (κ1) is 14.4. The molecule has 0 aliphatic rings. The predicted octanol–water partition coefficient (Wildman–Crippen LogP) is 1.32. The van der Waals surface area contributed by atoms with Crippen molar-refractivity contribution in [3.63, 3.8) is 0 Å². The van der Waals surface area contributed by atoms with Gasteiger partial charge in [0.05, 0.1) is 17.3 Å². The van der Waals surface area contributed by atoms with Gasteiger partial charge in [-0.05, 0) is 25.1 Å². The molecule has 7 nitrogen and oxygen atoms in total. The molecule has 18 heavy (non-hydrogen) atoms. The van der Waals surface area contributed by atoms with Gasteiger partial charge in [0.1, 0.15) is 0 Å². The van der Waals surface area contributed by atoms with Gasteiger partial charge in [0, 0.05) is 5.69 Å². The highest BCUT2D eigenvalue weighted by Crippen LogP contribution is 2.24. The van der Waals surface area contributed by atoms with Crippen molar-refractivity contribution in [2.45, 2.75) is 6.92 Å². The molecule has 0 aromatic heterocycles. The van der Waals surface area contributed by atoms with Crippen molar-refractivity contribution in [2.75, 3.05) is 17.1 Å². The van der Waals surface area contributed by atoms with E-state index in [4.69, 9.17) is 17.3 Å². The second-order valence-corrected chi connectivity index (χ2v) is 4.99. The number of anilines is 2. The second kappa shape index (κ2) is 5.78. The molecule has 1 amide bonds. The van der Waals surface area contributed by atoms with Crippen molar-refractivity contribution in [1.29, 1.82) is 0 Å². The molecule has 0 fully saturated rings. The van der Waals surface area contributed by atoms with Crippen LogP contribution in [0.3, 0.4) is 0 Å². The Labute approximate surface area is 109 Å². The van der Waals surface area contributed by atoms with Crippen molar-refractivity contribution >= 4 is 39.3 Å². The van der Waals surface area contributed by atoms with Crippen molar-refractivity contribution in [3.05, 3.63) is 23.2 Å². The third-order valence-electron chi connectivity index (χ3n) is 1.73. The summed E-state index contributed by atoms with van der Waals surface area (Å²) in [6, 6.07) is 4.22. The first-order chi connectivity index (χ1) is 8.34. The SMILES string of the molecule is CCOC(=O)NS(=O)(=O)Nc1ccc(N)cc1Cl. The summed E-state index contributed by atoms with van der Waals surface area (Å²) < 4.78 is 31.2. The number of nitrogens with two attached hydrogens (primary N) is 1. The van der Waals surface area contributed by atoms with Crippen LogP contribution >= 0.6 is 11.6 Å². The summed E-state index contributed by atoms with van der Waals surface area (Å²) in [4.78, 5) is 11.0. The second-order valence-electron chi connectivity index (χ2n) is 3.17. The third kappa shape index (κ3) is 4.30. The molecule has 9 heteroatoms. The van der Waals surface area contributed by atoms with E-state index < -0.39 is 16.3 Å². The van der Waals surface area contributed by atoms with Crippen molar-refractivity contribution in [3.8, 4) is 0 Å². The van der Waals surface area contributed by atoms with Crippen molar-refractivity contribution in [2.24, 2.45) is 0 Å². The summed E-state index contributed by atoms with van der Waals surface area (Å²) in [7, 11) is -4.09. The minimum Gasteiger partial charge on any atom is -0.449 e. The molecule has 1 aromatic rings. The summed E-state index contributed by atoms with van der Waals surface area (Å²) in [5.74, 6) is 0. The van der Waals surface area contributed by atoms with E-state index >= 15 is 0 Å². The van der Waals surface area contributed by atoms with Crippen LogP contribution in [-0.2, 0) is 14.9 Å². The normalized spacial score (nSPS) is 10.8. The lowest BCUT2D eigenvalue weighted by Crippen LogP contribution is -2.35. The number of nitrogen functional groups attached to an aromatic ring is 1. The van der Waals surface area contributed by atoms with Gasteiger partial charge in [-0.25, -0.2) is 9.52 Å². The summed E-state index contributed by atoms with van der Waals surface area (Å²) in [5.41, 5.74) is 5.95. The van der Waals surface area contributed by atoms with Crippen LogP contribution in [0.1, 0.15) is 6.92 Å². The molecule has 0 bridgehead atoms.